The summed E-state index contributed by atoms with van der Waals surface area (Å²) in [6.45, 7) is 5.88. The zero-order valence-electron chi connectivity index (χ0n) is 12.5. The molecule has 0 saturated carbocycles. The molecule has 2 rings (SSSR count). The summed E-state index contributed by atoms with van der Waals surface area (Å²) in [4.78, 5) is 18.7. The third-order valence-electron chi connectivity index (χ3n) is 3.25. The van der Waals surface area contributed by atoms with Crippen LogP contribution in [0.3, 0.4) is 0 Å². The molecule has 0 bridgehead atoms. The van der Waals surface area contributed by atoms with Crippen LogP contribution in [-0.2, 0) is 13.0 Å². The van der Waals surface area contributed by atoms with Gasteiger partial charge in [0, 0.05) is 24.9 Å². The smallest absolute Gasteiger partial charge is 0.273 e. The molecule has 2 aromatic rings. The molecular weight excluding hydrogens is 282 g/mol. The van der Waals surface area contributed by atoms with E-state index in [1.165, 1.54) is 16.9 Å². The minimum atomic E-state index is -0.0153. The molecule has 1 heterocycles. The van der Waals surface area contributed by atoms with Gasteiger partial charge in [-0.1, -0.05) is 29.8 Å². The van der Waals surface area contributed by atoms with Crippen molar-refractivity contribution in [2.75, 3.05) is 13.1 Å². The van der Waals surface area contributed by atoms with Crippen LogP contribution in [0.1, 0.15) is 33.5 Å². The van der Waals surface area contributed by atoms with E-state index in [2.05, 4.69) is 24.0 Å². The van der Waals surface area contributed by atoms with Crippen molar-refractivity contribution in [2.45, 2.75) is 26.8 Å². The lowest BCUT2D eigenvalue weighted by molar-refractivity contribution is 0.0747. The minimum absolute atomic E-state index is 0.0153. The lowest BCUT2D eigenvalue weighted by Gasteiger charge is -2.20. The van der Waals surface area contributed by atoms with E-state index in [9.17, 15) is 4.79 Å². The minimum Gasteiger partial charge on any atom is -0.333 e. The first-order chi connectivity index (χ1) is 10.1. The standard InChI is InChI=1S/C16H21N3OS/c1-3-19(10-13-6-4-5-12(2)9-13)16(20)14-11-21-15(18-14)7-8-17/h4-6,9,11H,3,7-8,10,17H2,1-2H3. The third-order valence-corrected chi connectivity index (χ3v) is 4.16. The highest BCUT2D eigenvalue weighted by atomic mass is 32.1. The van der Waals surface area contributed by atoms with Gasteiger partial charge >= 0.3 is 0 Å². The normalized spacial score (nSPS) is 10.6. The van der Waals surface area contributed by atoms with Crippen LogP contribution in [0, 0.1) is 6.92 Å². The second kappa shape index (κ2) is 7.33. The number of rotatable bonds is 6. The number of benzene rings is 1. The van der Waals surface area contributed by atoms with Crippen LogP contribution < -0.4 is 5.73 Å². The number of aryl methyl sites for hydroxylation is 1. The molecule has 0 unspecified atom stereocenters. The van der Waals surface area contributed by atoms with E-state index in [-0.39, 0.29) is 5.91 Å². The quantitative estimate of drug-likeness (QED) is 0.892. The van der Waals surface area contributed by atoms with Crippen LogP contribution in [0.2, 0.25) is 0 Å². The van der Waals surface area contributed by atoms with Gasteiger partial charge in [-0.05, 0) is 26.0 Å². The van der Waals surface area contributed by atoms with E-state index in [4.69, 9.17) is 5.73 Å². The molecule has 0 radical (unpaired) electrons. The lowest BCUT2D eigenvalue weighted by atomic mass is 10.1. The van der Waals surface area contributed by atoms with Crippen molar-refractivity contribution in [3.05, 3.63) is 51.5 Å². The Balaban J connectivity index is 2.10. The van der Waals surface area contributed by atoms with Crippen molar-refractivity contribution < 1.29 is 4.79 Å². The lowest BCUT2D eigenvalue weighted by Crippen LogP contribution is -2.30. The van der Waals surface area contributed by atoms with Crippen LogP contribution in [0.4, 0.5) is 0 Å². The Hall–Kier alpha value is -1.72. The Morgan fingerprint density at radius 1 is 1.43 bits per heavy atom. The molecule has 0 aliphatic heterocycles. The number of carbonyl (C=O) groups is 1. The summed E-state index contributed by atoms with van der Waals surface area (Å²) in [5.74, 6) is -0.0153. The van der Waals surface area contributed by atoms with E-state index < -0.39 is 0 Å². The summed E-state index contributed by atoms with van der Waals surface area (Å²) in [7, 11) is 0. The van der Waals surface area contributed by atoms with Crippen molar-refractivity contribution in [3.63, 3.8) is 0 Å². The molecule has 0 aliphatic rings. The van der Waals surface area contributed by atoms with Gasteiger partial charge < -0.3 is 10.6 Å². The Kier molecular flexibility index (Phi) is 5.47. The third kappa shape index (κ3) is 4.12. The van der Waals surface area contributed by atoms with Gasteiger partial charge in [-0.25, -0.2) is 4.98 Å². The highest BCUT2D eigenvalue weighted by Gasteiger charge is 2.17. The molecule has 1 amide bonds. The maximum Gasteiger partial charge on any atom is 0.273 e. The fraction of sp³-hybridized carbons (Fsp3) is 0.375. The van der Waals surface area contributed by atoms with Gasteiger partial charge in [-0.15, -0.1) is 11.3 Å². The van der Waals surface area contributed by atoms with E-state index in [0.717, 1.165) is 17.0 Å². The number of nitrogens with two attached hydrogens (primary N) is 1. The fourth-order valence-corrected chi connectivity index (χ4v) is 2.96. The molecule has 2 N–H and O–H groups in total. The summed E-state index contributed by atoms with van der Waals surface area (Å²) < 4.78 is 0. The molecule has 0 saturated heterocycles. The molecular formula is C16H21N3OS. The van der Waals surface area contributed by atoms with Crippen LogP contribution in [-0.4, -0.2) is 28.9 Å². The molecule has 112 valence electrons. The van der Waals surface area contributed by atoms with Gasteiger partial charge in [-0.3, -0.25) is 4.79 Å². The van der Waals surface area contributed by atoms with Gasteiger partial charge in [-0.2, -0.15) is 0 Å². The van der Waals surface area contributed by atoms with Crippen LogP contribution in [0.25, 0.3) is 0 Å². The Morgan fingerprint density at radius 3 is 2.90 bits per heavy atom. The van der Waals surface area contributed by atoms with Crippen LogP contribution >= 0.6 is 11.3 Å². The first kappa shape index (κ1) is 15.7. The number of amides is 1. The summed E-state index contributed by atoms with van der Waals surface area (Å²) in [5, 5.41) is 2.75. The van der Waals surface area contributed by atoms with Gasteiger partial charge in [0.05, 0.1) is 5.01 Å². The predicted molar refractivity (Wildman–Crippen MR) is 86.5 cm³/mol. The second-order valence-electron chi connectivity index (χ2n) is 4.97. The highest BCUT2D eigenvalue weighted by molar-refractivity contribution is 7.09. The van der Waals surface area contributed by atoms with Gasteiger partial charge in [0.2, 0.25) is 0 Å². The zero-order valence-corrected chi connectivity index (χ0v) is 13.3. The van der Waals surface area contributed by atoms with E-state index in [1.807, 2.05) is 29.3 Å². The van der Waals surface area contributed by atoms with Crippen molar-refractivity contribution in [2.24, 2.45) is 5.73 Å². The SMILES string of the molecule is CCN(Cc1cccc(C)c1)C(=O)c1csc(CCN)n1. The van der Waals surface area contributed by atoms with Gasteiger partial charge in [0.15, 0.2) is 0 Å². The maximum absolute atomic E-state index is 12.5. The predicted octanol–water partition coefficient (Wildman–Crippen LogP) is 2.62. The average molecular weight is 303 g/mol. The maximum atomic E-state index is 12.5. The number of carbonyl (C=O) groups excluding carboxylic acids is 1. The summed E-state index contributed by atoms with van der Waals surface area (Å²) in [6.07, 6.45) is 0.724. The molecule has 0 atom stereocenters. The molecule has 0 fully saturated rings. The average Bonchev–Trinajstić information content (AvgIpc) is 2.93. The Bertz CT molecular complexity index is 609. The van der Waals surface area contributed by atoms with E-state index in [0.29, 0.717) is 25.3 Å². The van der Waals surface area contributed by atoms with Gasteiger partial charge in [0.1, 0.15) is 5.69 Å². The largest absolute Gasteiger partial charge is 0.333 e. The first-order valence-corrected chi connectivity index (χ1v) is 8.01. The fourth-order valence-electron chi connectivity index (χ4n) is 2.17. The van der Waals surface area contributed by atoms with E-state index in [1.54, 1.807) is 0 Å². The molecule has 1 aromatic carbocycles. The van der Waals surface area contributed by atoms with Crippen LogP contribution in [0.15, 0.2) is 29.6 Å². The topological polar surface area (TPSA) is 59.2 Å². The Morgan fingerprint density at radius 2 is 2.24 bits per heavy atom. The summed E-state index contributed by atoms with van der Waals surface area (Å²) in [6, 6.07) is 8.23. The molecule has 0 aliphatic carbocycles. The van der Waals surface area contributed by atoms with Crippen LogP contribution in [0.5, 0.6) is 0 Å². The Labute approximate surface area is 129 Å². The summed E-state index contributed by atoms with van der Waals surface area (Å²) >= 11 is 1.50. The second-order valence-corrected chi connectivity index (χ2v) is 5.92. The number of aromatic nitrogens is 1. The van der Waals surface area contributed by atoms with E-state index >= 15 is 0 Å². The number of nitrogens with zero attached hydrogens (tertiary/aromatic N) is 2. The van der Waals surface area contributed by atoms with Crippen molar-refractivity contribution in [1.82, 2.24) is 9.88 Å². The van der Waals surface area contributed by atoms with Crippen molar-refractivity contribution in [3.8, 4) is 0 Å². The molecule has 21 heavy (non-hydrogen) atoms. The van der Waals surface area contributed by atoms with Crippen molar-refractivity contribution >= 4 is 17.2 Å². The number of hydrogen-bond donors (Lipinski definition) is 1. The van der Waals surface area contributed by atoms with Gasteiger partial charge in [0.25, 0.3) is 5.91 Å². The molecule has 5 heteroatoms. The molecule has 1 aromatic heterocycles. The summed E-state index contributed by atoms with van der Waals surface area (Å²) in [5.41, 5.74) is 8.39. The van der Waals surface area contributed by atoms with Crippen molar-refractivity contribution in [1.29, 1.82) is 0 Å². The zero-order chi connectivity index (χ0) is 15.2. The number of hydrogen-bond acceptors (Lipinski definition) is 4. The molecule has 0 spiro atoms. The first-order valence-electron chi connectivity index (χ1n) is 7.13. The number of thiazole rings is 1. The molecule has 4 nitrogen and oxygen atoms in total. The highest BCUT2D eigenvalue weighted by Crippen LogP contribution is 2.14. The monoisotopic (exact) mass is 303 g/mol.